The Morgan fingerprint density at radius 1 is 1.25 bits per heavy atom. The maximum absolute atomic E-state index is 13.5. The first-order valence-corrected chi connectivity index (χ1v) is 6.23. The molecule has 0 spiro atoms. The van der Waals surface area contributed by atoms with Crippen LogP contribution >= 0.6 is 15.9 Å². The molecule has 0 aliphatic carbocycles. The maximum atomic E-state index is 13.5. The molecule has 0 aliphatic heterocycles. The lowest BCUT2D eigenvalue weighted by Gasteiger charge is -2.09. The Hall–Kier alpha value is -2.28. The Bertz CT molecular complexity index is 691. The highest BCUT2D eigenvalue weighted by Gasteiger charge is 2.18. The van der Waals surface area contributed by atoms with Gasteiger partial charge in [0.1, 0.15) is 16.0 Å². The van der Waals surface area contributed by atoms with Crippen molar-refractivity contribution >= 4 is 33.5 Å². The number of hydrogen-bond acceptors (Lipinski definition) is 3. The molecule has 2 rings (SSSR count). The number of carboxylic acids is 1. The van der Waals surface area contributed by atoms with E-state index in [9.17, 15) is 14.0 Å². The Kier molecular flexibility index (Phi) is 4.09. The predicted molar refractivity (Wildman–Crippen MR) is 73.2 cm³/mol. The van der Waals surface area contributed by atoms with Gasteiger partial charge >= 0.3 is 5.97 Å². The van der Waals surface area contributed by atoms with Gasteiger partial charge in [0.05, 0.1) is 11.3 Å². The second-order valence-corrected chi connectivity index (χ2v) is 4.51. The molecule has 0 aliphatic rings. The first-order chi connectivity index (χ1) is 9.50. The number of aromatic carboxylic acids is 1. The molecule has 0 fully saturated rings. The molecule has 0 saturated carbocycles. The van der Waals surface area contributed by atoms with Crippen LogP contribution in [0.25, 0.3) is 0 Å². The Labute approximate surface area is 121 Å². The van der Waals surface area contributed by atoms with Crippen LogP contribution in [0.1, 0.15) is 20.7 Å². The van der Waals surface area contributed by atoms with Crippen molar-refractivity contribution in [3.8, 4) is 0 Å². The molecule has 102 valence electrons. The summed E-state index contributed by atoms with van der Waals surface area (Å²) in [5.41, 5.74) is -0.479. The van der Waals surface area contributed by atoms with Crippen molar-refractivity contribution in [3.05, 3.63) is 58.1 Å². The minimum atomic E-state index is -1.45. The van der Waals surface area contributed by atoms with Crippen LogP contribution in [0.15, 0.2) is 41.1 Å². The van der Waals surface area contributed by atoms with Gasteiger partial charge in [0.2, 0.25) is 0 Å². The number of amides is 1. The van der Waals surface area contributed by atoms with Crippen LogP contribution in [-0.4, -0.2) is 22.0 Å². The van der Waals surface area contributed by atoms with Crippen LogP contribution in [0.3, 0.4) is 0 Å². The highest BCUT2D eigenvalue weighted by molar-refractivity contribution is 9.10. The lowest BCUT2D eigenvalue weighted by atomic mass is 10.1. The molecular formula is C13H8BrFN2O3. The number of benzene rings is 1. The number of hydrogen-bond donors (Lipinski definition) is 2. The van der Waals surface area contributed by atoms with E-state index in [1.807, 2.05) is 0 Å². The normalized spacial score (nSPS) is 10.1. The molecule has 2 aromatic rings. The monoisotopic (exact) mass is 338 g/mol. The summed E-state index contributed by atoms with van der Waals surface area (Å²) in [5.74, 6) is -2.96. The number of anilines is 1. The van der Waals surface area contributed by atoms with E-state index < -0.39 is 23.3 Å². The fourth-order valence-corrected chi connectivity index (χ4v) is 2.02. The van der Waals surface area contributed by atoms with Gasteiger partial charge in [-0.1, -0.05) is 6.07 Å². The predicted octanol–water partition coefficient (Wildman–Crippen LogP) is 2.93. The van der Waals surface area contributed by atoms with E-state index in [1.54, 1.807) is 6.07 Å². The van der Waals surface area contributed by atoms with Gasteiger partial charge in [-0.2, -0.15) is 0 Å². The Balaban J connectivity index is 2.36. The molecule has 0 unspecified atom stereocenters. The standard InChI is InChI=1S/C13H8BrFN2O3/c14-11-7(3-2-6-16-11)12(18)17-9-5-1-4-8(15)10(9)13(19)20/h1-6H,(H,17,18)(H,19,20). The number of nitrogens with one attached hydrogen (secondary N) is 1. The molecule has 0 saturated heterocycles. The van der Waals surface area contributed by atoms with Gasteiger partial charge in [-0.25, -0.2) is 14.2 Å². The van der Waals surface area contributed by atoms with Gasteiger partial charge in [0.15, 0.2) is 0 Å². The Morgan fingerprint density at radius 3 is 2.65 bits per heavy atom. The van der Waals surface area contributed by atoms with Gasteiger partial charge in [-0.05, 0) is 40.2 Å². The molecule has 2 N–H and O–H groups in total. The van der Waals surface area contributed by atoms with Crippen molar-refractivity contribution in [1.29, 1.82) is 0 Å². The number of aromatic nitrogens is 1. The number of rotatable bonds is 3. The van der Waals surface area contributed by atoms with E-state index >= 15 is 0 Å². The van der Waals surface area contributed by atoms with Crippen LogP contribution in [0.4, 0.5) is 10.1 Å². The van der Waals surface area contributed by atoms with E-state index in [0.29, 0.717) is 4.60 Å². The summed E-state index contributed by atoms with van der Waals surface area (Å²) in [6.07, 6.45) is 1.49. The molecule has 7 heteroatoms. The third kappa shape index (κ3) is 2.83. The third-order valence-corrected chi connectivity index (χ3v) is 3.11. The van der Waals surface area contributed by atoms with Gasteiger partial charge in [-0.3, -0.25) is 4.79 Å². The number of carbonyl (C=O) groups is 2. The van der Waals surface area contributed by atoms with E-state index in [4.69, 9.17) is 5.11 Å². The zero-order valence-electron chi connectivity index (χ0n) is 9.93. The number of carbonyl (C=O) groups excluding carboxylic acids is 1. The minimum Gasteiger partial charge on any atom is -0.478 e. The summed E-state index contributed by atoms with van der Waals surface area (Å²) in [4.78, 5) is 26.9. The van der Waals surface area contributed by atoms with E-state index in [0.717, 1.165) is 6.07 Å². The molecule has 1 aromatic heterocycles. The first-order valence-electron chi connectivity index (χ1n) is 5.44. The molecule has 20 heavy (non-hydrogen) atoms. The average Bonchev–Trinajstić information content (AvgIpc) is 2.38. The highest BCUT2D eigenvalue weighted by atomic mass is 79.9. The third-order valence-electron chi connectivity index (χ3n) is 2.48. The largest absolute Gasteiger partial charge is 0.478 e. The number of halogens is 2. The molecule has 0 radical (unpaired) electrons. The topological polar surface area (TPSA) is 79.3 Å². The van der Waals surface area contributed by atoms with Crippen molar-refractivity contribution in [3.63, 3.8) is 0 Å². The summed E-state index contributed by atoms with van der Waals surface area (Å²) < 4.78 is 13.8. The summed E-state index contributed by atoms with van der Waals surface area (Å²) in [5, 5.41) is 11.3. The highest BCUT2D eigenvalue weighted by Crippen LogP contribution is 2.21. The molecule has 5 nitrogen and oxygen atoms in total. The molecule has 1 aromatic carbocycles. The smallest absolute Gasteiger partial charge is 0.340 e. The summed E-state index contributed by atoms with van der Waals surface area (Å²) in [7, 11) is 0. The average molecular weight is 339 g/mol. The van der Waals surface area contributed by atoms with E-state index in [1.165, 1.54) is 24.4 Å². The lowest BCUT2D eigenvalue weighted by molar-refractivity contribution is 0.0693. The zero-order chi connectivity index (χ0) is 14.7. The van der Waals surface area contributed by atoms with Crippen LogP contribution in [-0.2, 0) is 0 Å². The van der Waals surface area contributed by atoms with Gasteiger partial charge in [0, 0.05) is 6.20 Å². The second kappa shape index (κ2) is 5.79. The molecule has 1 heterocycles. The first kappa shape index (κ1) is 14.1. The SMILES string of the molecule is O=C(Nc1cccc(F)c1C(=O)O)c1cccnc1Br. The van der Waals surface area contributed by atoms with Crippen molar-refractivity contribution < 1.29 is 19.1 Å². The molecular weight excluding hydrogens is 331 g/mol. The van der Waals surface area contributed by atoms with Crippen LogP contribution in [0, 0.1) is 5.82 Å². The van der Waals surface area contributed by atoms with Crippen molar-refractivity contribution in [1.82, 2.24) is 4.98 Å². The molecule has 0 atom stereocenters. The van der Waals surface area contributed by atoms with Gasteiger partial charge in [0.25, 0.3) is 5.91 Å². The second-order valence-electron chi connectivity index (χ2n) is 3.76. The minimum absolute atomic E-state index is 0.113. The summed E-state index contributed by atoms with van der Waals surface area (Å²) in [6.45, 7) is 0. The number of pyridine rings is 1. The zero-order valence-corrected chi connectivity index (χ0v) is 11.5. The van der Waals surface area contributed by atoms with Crippen molar-refractivity contribution in [2.24, 2.45) is 0 Å². The van der Waals surface area contributed by atoms with Crippen LogP contribution in [0.5, 0.6) is 0 Å². The van der Waals surface area contributed by atoms with Crippen molar-refractivity contribution in [2.45, 2.75) is 0 Å². The van der Waals surface area contributed by atoms with Crippen LogP contribution in [0.2, 0.25) is 0 Å². The van der Waals surface area contributed by atoms with E-state index in [-0.39, 0.29) is 11.3 Å². The van der Waals surface area contributed by atoms with Gasteiger partial charge < -0.3 is 10.4 Å². The molecule has 1 amide bonds. The fourth-order valence-electron chi connectivity index (χ4n) is 1.59. The van der Waals surface area contributed by atoms with E-state index in [2.05, 4.69) is 26.2 Å². The Morgan fingerprint density at radius 2 is 2.00 bits per heavy atom. The number of nitrogens with zero attached hydrogens (tertiary/aromatic N) is 1. The maximum Gasteiger partial charge on any atom is 0.340 e. The molecule has 0 bridgehead atoms. The fraction of sp³-hybridized carbons (Fsp3) is 0. The van der Waals surface area contributed by atoms with Gasteiger partial charge in [-0.15, -0.1) is 0 Å². The van der Waals surface area contributed by atoms with Crippen LogP contribution < -0.4 is 5.32 Å². The summed E-state index contributed by atoms with van der Waals surface area (Å²) in [6, 6.07) is 6.71. The summed E-state index contributed by atoms with van der Waals surface area (Å²) >= 11 is 3.11. The van der Waals surface area contributed by atoms with Crippen molar-refractivity contribution in [2.75, 3.05) is 5.32 Å². The lowest BCUT2D eigenvalue weighted by Crippen LogP contribution is -2.16. The quantitative estimate of drug-likeness (QED) is 0.843. The number of carboxylic acid groups (broad SMARTS) is 1.